The van der Waals surface area contributed by atoms with E-state index < -0.39 is 12.6 Å². The molecule has 0 radical (unpaired) electrons. The summed E-state index contributed by atoms with van der Waals surface area (Å²) in [7, 11) is 1.80. The maximum absolute atomic E-state index is 11.8. The summed E-state index contributed by atoms with van der Waals surface area (Å²) >= 11 is 0. The quantitative estimate of drug-likeness (QED) is 0.769. The monoisotopic (exact) mass is 221 g/mol. The van der Waals surface area contributed by atoms with Crippen molar-refractivity contribution >= 4 is 0 Å². The average Bonchev–Trinajstić information content (AvgIpc) is 2.49. The molecular formula is C9H14F3N3. The second-order valence-electron chi connectivity index (χ2n) is 3.42. The average molecular weight is 221 g/mol. The molecule has 0 aromatic carbocycles. The van der Waals surface area contributed by atoms with E-state index >= 15 is 0 Å². The highest BCUT2D eigenvalue weighted by Gasteiger charge is 2.25. The number of alkyl halides is 3. The van der Waals surface area contributed by atoms with Crippen LogP contribution in [0, 0.1) is 0 Å². The van der Waals surface area contributed by atoms with E-state index in [-0.39, 0.29) is 6.42 Å². The molecule has 0 aliphatic rings. The van der Waals surface area contributed by atoms with E-state index in [1.165, 1.54) is 0 Å². The molecule has 1 heterocycles. The van der Waals surface area contributed by atoms with Gasteiger partial charge in [0.1, 0.15) is 0 Å². The van der Waals surface area contributed by atoms with Gasteiger partial charge in [-0.15, -0.1) is 0 Å². The first-order valence-corrected chi connectivity index (χ1v) is 4.72. The van der Waals surface area contributed by atoms with Crippen LogP contribution in [-0.4, -0.2) is 22.5 Å². The van der Waals surface area contributed by atoms with Gasteiger partial charge in [-0.3, -0.25) is 4.68 Å². The Kier molecular flexibility index (Phi) is 4.14. The van der Waals surface area contributed by atoms with Crippen molar-refractivity contribution in [1.29, 1.82) is 0 Å². The zero-order valence-corrected chi connectivity index (χ0v) is 8.51. The lowest BCUT2D eigenvalue weighted by atomic mass is 10.3. The Hall–Kier alpha value is -1.04. The molecule has 0 bridgehead atoms. The Morgan fingerprint density at radius 3 is 2.73 bits per heavy atom. The third kappa shape index (κ3) is 5.41. The molecule has 0 aliphatic carbocycles. The lowest BCUT2D eigenvalue weighted by Gasteiger charge is -2.06. The van der Waals surface area contributed by atoms with Crippen molar-refractivity contribution in [3.05, 3.63) is 18.0 Å². The number of rotatable bonds is 5. The van der Waals surface area contributed by atoms with Gasteiger partial charge in [-0.25, -0.2) is 0 Å². The largest absolute Gasteiger partial charge is 0.389 e. The van der Waals surface area contributed by atoms with Crippen LogP contribution in [-0.2, 0) is 13.6 Å². The van der Waals surface area contributed by atoms with Gasteiger partial charge in [0.2, 0.25) is 0 Å². The Morgan fingerprint density at radius 2 is 2.20 bits per heavy atom. The van der Waals surface area contributed by atoms with Crippen LogP contribution in [0.15, 0.2) is 12.4 Å². The smallest absolute Gasteiger partial charge is 0.313 e. The maximum atomic E-state index is 11.8. The molecule has 0 unspecified atom stereocenters. The van der Waals surface area contributed by atoms with Crippen LogP contribution in [0.5, 0.6) is 0 Å². The molecule has 0 atom stereocenters. The Balaban J connectivity index is 2.07. The molecule has 15 heavy (non-hydrogen) atoms. The molecule has 0 amide bonds. The number of aryl methyl sites for hydroxylation is 1. The highest BCUT2D eigenvalue weighted by atomic mass is 19.4. The van der Waals surface area contributed by atoms with Crippen LogP contribution in [0.3, 0.4) is 0 Å². The Morgan fingerprint density at radius 1 is 1.47 bits per heavy atom. The minimum Gasteiger partial charge on any atom is -0.313 e. The molecule has 0 spiro atoms. The molecule has 0 aliphatic heterocycles. The molecule has 0 saturated heterocycles. The molecule has 1 aromatic rings. The van der Waals surface area contributed by atoms with Gasteiger partial charge in [0.05, 0.1) is 6.20 Å². The molecule has 3 nitrogen and oxygen atoms in total. The van der Waals surface area contributed by atoms with Crippen molar-refractivity contribution in [2.24, 2.45) is 7.05 Å². The van der Waals surface area contributed by atoms with Gasteiger partial charge in [-0.05, 0) is 13.0 Å². The number of hydrogen-bond acceptors (Lipinski definition) is 2. The normalized spacial score (nSPS) is 12.0. The van der Waals surface area contributed by atoms with Crippen LogP contribution < -0.4 is 5.32 Å². The highest BCUT2D eigenvalue weighted by Crippen LogP contribution is 2.20. The fourth-order valence-electron chi connectivity index (χ4n) is 1.21. The molecule has 1 N–H and O–H groups in total. The number of nitrogens with one attached hydrogen (secondary N) is 1. The van der Waals surface area contributed by atoms with Crippen molar-refractivity contribution < 1.29 is 13.2 Å². The molecule has 1 rings (SSSR count). The molecule has 0 saturated carbocycles. The third-order valence-electron chi connectivity index (χ3n) is 1.90. The minimum absolute atomic E-state index is 0.115. The van der Waals surface area contributed by atoms with Crippen LogP contribution in [0.2, 0.25) is 0 Å². The van der Waals surface area contributed by atoms with Gasteiger partial charge in [0.25, 0.3) is 0 Å². The minimum atomic E-state index is -4.05. The zero-order chi connectivity index (χ0) is 11.3. The van der Waals surface area contributed by atoms with Gasteiger partial charge < -0.3 is 5.32 Å². The Labute approximate surface area is 86.3 Å². The summed E-state index contributed by atoms with van der Waals surface area (Å²) in [5.74, 6) is 0. The molecular weight excluding hydrogens is 207 g/mol. The van der Waals surface area contributed by atoms with Gasteiger partial charge in [0, 0.05) is 31.8 Å². The van der Waals surface area contributed by atoms with Crippen molar-refractivity contribution in [2.45, 2.75) is 25.6 Å². The number of halogens is 3. The van der Waals surface area contributed by atoms with Gasteiger partial charge >= 0.3 is 6.18 Å². The summed E-state index contributed by atoms with van der Waals surface area (Å²) in [5, 5.41) is 6.89. The summed E-state index contributed by atoms with van der Waals surface area (Å²) in [5.41, 5.74) is 0.976. The SMILES string of the molecule is Cn1cc(CNCCCC(F)(F)F)cn1. The van der Waals surface area contributed by atoms with E-state index in [4.69, 9.17) is 0 Å². The van der Waals surface area contributed by atoms with E-state index in [1.807, 2.05) is 6.20 Å². The van der Waals surface area contributed by atoms with E-state index in [9.17, 15) is 13.2 Å². The molecule has 6 heteroatoms. The zero-order valence-electron chi connectivity index (χ0n) is 8.51. The third-order valence-corrected chi connectivity index (χ3v) is 1.90. The summed E-state index contributed by atoms with van der Waals surface area (Å²) in [6.07, 6.45) is -1.14. The predicted molar refractivity (Wildman–Crippen MR) is 50.2 cm³/mol. The van der Waals surface area contributed by atoms with E-state index in [0.29, 0.717) is 13.1 Å². The molecule has 0 fully saturated rings. The molecule has 1 aromatic heterocycles. The fourth-order valence-corrected chi connectivity index (χ4v) is 1.21. The first-order valence-electron chi connectivity index (χ1n) is 4.72. The second-order valence-corrected chi connectivity index (χ2v) is 3.42. The topological polar surface area (TPSA) is 29.9 Å². The van der Waals surface area contributed by atoms with E-state index in [0.717, 1.165) is 5.56 Å². The summed E-state index contributed by atoms with van der Waals surface area (Å²) < 4.78 is 37.0. The molecule has 86 valence electrons. The van der Waals surface area contributed by atoms with Crippen LogP contribution in [0.25, 0.3) is 0 Å². The number of aromatic nitrogens is 2. The second kappa shape index (κ2) is 5.16. The van der Waals surface area contributed by atoms with Crippen molar-refractivity contribution in [1.82, 2.24) is 15.1 Å². The summed E-state index contributed by atoms with van der Waals surface area (Å²) in [6, 6.07) is 0. The highest BCUT2D eigenvalue weighted by molar-refractivity contribution is 5.02. The number of nitrogens with zero attached hydrogens (tertiary/aromatic N) is 2. The van der Waals surface area contributed by atoms with E-state index in [1.54, 1.807) is 17.9 Å². The van der Waals surface area contributed by atoms with E-state index in [2.05, 4.69) is 10.4 Å². The summed E-state index contributed by atoms with van der Waals surface area (Å²) in [4.78, 5) is 0. The standard InChI is InChI=1S/C9H14F3N3/c1-15-7-8(6-14-15)5-13-4-2-3-9(10,11)12/h6-7,13H,2-5H2,1H3. The van der Waals surface area contributed by atoms with Gasteiger partial charge in [-0.2, -0.15) is 18.3 Å². The van der Waals surface area contributed by atoms with Crippen molar-refractivity contribution in [2.75, 3.05) is 6.54 Å². The first-order chi connectivity index (χ1) is 6.97. The number of hydrogen-bond donors (Lipinski definition) is 1. The van der Waals surface area contributed by atoms with Crippen LogP contribution in [0.1, 0.15) is 18.4 Å². The van der Waals surface area contributed by atoms with Gasteiger partial charge in [0.15, 0.2) is 0 Å². The maximum Gasteiger partial charge on any atom is 0.389 e. The lowest BCUT2D eigenvalue weighted by molar-refractivity contribution is -0.135. The van der Waals surface area contributed by atoms with Gasteiger partial charge in [-0.1, -0.05) is 0 Å². The van der Waals surface area contributed by atoms with Crippen LogP contribution in [0.4, 0.5) is 13.2 Å². The fraction of sp³-hybridized carbons (Fsp3) is 0.667. The summed E-state index contributed by atoms with van der Waals surface area (Å²) in [6.45, 7) is 0.931. The lowest BCUT2D eigenvalue weighted by Crippen LogP contribution is -2.17. The van der Waals surface area contributed by atoms with Crippen molar-refractivity contribution in [3.63, 3.8) is 0 Å². The van der Waals surface area contributed by atoms with Crippen LogP contribution >= 0.6 is 0 Å². The Bertz CT molecular complexity index is 293. The first kappa shape index (κ1) is 12.0. The predicted octanol–water partition coefficient (Wildman–Crippen LogP) is 1.85. The van der Waals surface area contributed by atoms with Crippen molar-refractivity contribution in [3.8, 4) is 0 Å².